The number of morpholine rings is 1. The van der Waals surface area contributed by atoms with Gasteiger partial charge in [0, 0.05) is 57.9 Å². The first-order chi connectivity index (χ1) is 21.0. The fourth-order valence-electron chi connectivity index (χ4n) is 6.55. The van der Waals surface area contributed by atoms with Gasteiger partial charge in [-0.1, -0.05) is 42.5 Å². The number of ether oxygens (including phenoxy) is 2. The van der Waals surface area contributed by atoms with E-state index in [1.54, 1.807) is 12.1 Å². The van der Waals surface area contributed by atoms with Crippen molar-refractivity contribution in [3.05, 3.63) is 95.3 Å². The zero-order chi connectivity index (χ0) is 29.8. The molecular weight excluding hydrogens is 547 g/mol. The highest BCUT2D eigenvalue weighted by atomic mass is 19.1. The molecular formula is C34H39FN4O4. The Balaban J connectivity index is 1.32. The highest BCUT2D eigenvalue weighted by molar-refractivity contribution is 6.01. The molecule has 3 aromatic rings. The number of halogens is 1. The Labute approximate surface area is 252 Å². The fourth-order valence-corrected chi connectivity index (χ4v) is 6.55. The van der Waals surface area contributed by atoms with Crippen LogP contribution in [0.15, 0.2) is 72.8 Å². The molecule has 43 heavy (non-hydrogen) atoms. The van der Waals surface area contributed by atoms with E-state index in [9.17, 15) is 14.0 Å². The number of nitrogens with zero attached hydrogens (tertiary/aromatic N) is 4. The molecule has 0 aromatic heterocycles. The maximum atomic E-state index is 14.6. The first kappa shape index (κ1) is 29.1. The number of anilines is 1. The van der Waals surface area contributed by atoms with Gasteiger partial charge >= 0.3 is 0 Å². The minimum absolute atomic E-state index is 0.0107. The lowest BCUT2D eigenvalue weighted by atomic mass is 9.78. The number of rotatable bonds is 8. The number of amides is 2. The van der Waals surface area contributed by atoms with Crippen molar-refractivity contribution in [2.45, 2.75) is 18.9 Å². The van der Waals surface area contributed by atoms with Crippen LogP contribution in [0.2, 0.25) is 0 Å². The Kier molecular flexibility index (Phi) is 8.90. The van der Waals surface area contributed by atoms with Crippen molar-refractivity contribution in [1.29, 1.82) is 0 Å². The minimum Gasteiger partial charge on any atom is -0.494 e. The van der Waals surface area contributed by atoms with Crippen LogP contribution in [0.1, 0.15) is 40.4 Å². The molecule has 0 spiro atoms. The molecule has 3 heterocycles. The Morgan fingerprint density at radius 2 is 1.58 bits per heavy atom. The van der Waals surface area contributed by atoms with Crippen LogP contribution >= 0.6 is 0 Å². The molecule has 3 aromatic carbocycles. The van der Waals surface area contributed by atoms with Gasteiger partial charge in [0.05, 0.1) is 37.5 Å². The van der Waals surface area contributed by atoms with Gasteiger partial charge in [-0.3, -0.25) is 14.5 Å². The summed E-state index contributed by atoms with van der Waals surface area (Å²) in [5.41, 5.74) is 2.80. The molecule has 6 rings (SSSR count). The van der Waals surface area contributed by atoms with Crippen LogP contribution in [-0.4, -0.2) is 98.7 Å². The number of para-hydroxylation sites is 1. The monoisotopic (exact) mass is 586 g/mol. The van der Waals surface area contributed by atoms with Crippen LogP contribution < -0.4 is 9.64 Å². The predicted octanol–water partition coefficient (Wildman–Crippen LogP) is 4.19. The van der Waals surface area contributed by atoms with Crippen molar-refractivity contribution in [2.24, 2.45) is 0 Å². The third-order valence-corrected chi connectivity index (χ3v) is 8.78. The maximum Gasteiger partial charge on any atom is 0.254 e. The molecule has 0 bridgehead atoms. The second-order valence-corrected chi connectivity index (χ2v) is 11.2. The summed E-state index contributed by atoms with van der Waals surface area (Å²) in [6, 6.07) is 21.6. The van der Waals surface area contributed by atoms with Crippen LogP contribution in [0, 0.1) is 5.82 Å². The Morgan fingerprint density at radius 1 is 0.884 bits per heavy atom. The largest absolute Gasteiger partial charge is 0.494 e. The van der Waals surface area contributed by atoms with Gasteiger partial charge in [-0.05, 0) is 48.4 Å². The molecule has 2 atom stereocenters. The first-order valence-electron chi connectivity index (χ1n) is 15.3. The van der Waals surface area contributed by atoms with E-state index in [0.717, 1.165) is 30.0 Å². The number of fused-ring (bicyclic) bond motifs is 1. The van der Waals surface area contributed by atoms with E-state index in [0.29, 0.717) is 70.3 Å². The summed E-state index contributed by atoms with van der Waals surface area (Å²) in [4.78, 5) is 36.8. The average molecular weight is 587 g/mol. The van der Waals surface area contributed by atoms with E-state index in [1.807, 2.05) is 76.2 Å². The van der Waals surface area contributed by atoms with Crippen molar-refractivity contribution >= 4 is 17.5 Å². The van der Waals surface area contributed by atoms with Crippen LogP contribution in [-0.2, 0) is 9.53 Å². The van der Waals surface area contributed by atoms with Gasteiger partial charge in [0.25, 0.3) is 5.91 Å². The first-order valence-corrected chi connectivity index (χ1v) is 15.3. The lowest BCUT2D eigenvalue weighted by molar-refractivity contribution is -0.135. The molecule has 0 N–H and O–H groups in total. The molecule has 9 heteroatoms. The Bertz CT molecular complexity index is 1420. The normalized spacial score (nSPS) is 21.1. The van der Waals surface area contributed by atoms with Gasteiger partial charge in [-0.15, -0.1) is 0 Å². The van der Waals surface area contributed by atoms with E-state index in [-0.39, 0.29) is 17.6 Å². The van der Waals surface area contributed by atoms with Gasteiger partial charge in [-0.2, -0.15) is 0 Å². The van der Waals surface area contributed by atoms with Crippen molar-refractivity contribution in [3.8, 4) is 5.75 Å². The number of hydrogen-bond donors (Lipinski definition) is 0. The SMILES string of the molecule is CCOc1ccc([C@H]2[C@@H](C(=O)N3CCN(c4ccccc4F)CC3)c3ccccc3C(=O)N2CCN2CCOCC2)cc1. The fraction of sp³-hybridized carbons (Fsp3) is 0.412. The average Bonchev–Trinajstić information content (AvgIpc) is 3.05. The molecule has 8 nitrogen and oxygen atoms in total. The van der Waals surface area contributed by atoms with E-state index >= 15 is 0 Å². The highest BCUT2D eigenvalue weighted by Gasteiger charge is 2.45. The Hall–Kier alpha value is -3.95. The third kappa shape index (κ3) is 6.10. The van der Waals surface area contributed by atoms with Gasteiger partial charge in [-0.25, -0.2) is 4.39 Å². The second-order valence-electron chi connectivity index (χ2n) is 11.2. The van der Waals surface area contributed by atoms with E-state index in [2.05, 4.69) is 4.90 Å². The summed E-state index contributed by atoms with van der Waals surface area (Å²) >= 11 is 0. The van der Waals surface area contributed by atoms with E-state index in [4.69, 9.17) is 9.47 Å². The molecule has 0 radical (unpaired) electrons. The summed E-state index contributed by atoms with van der Waals surface area (Å²) in [7, 11) is 0. The van der Waals surface area contributed by atoms with Gasteiger partial charge < -0.3 is 24.2 Å². The molecule has 3 aliphatic heterocycles. The summed E-state index contributed by atoms with van der Waals surface area (Å²) in [6.45, 7) is 8.72. The summed E-state index contributed by atoms with van der Waals surface area (Å²) in [5.74, 6) is -0.148. The van der Waals surface area contributed by atoms with Crippen LogP contribution in [0.3, 0.4) is 0 Å². The highest BCUT2D eigenvalue weighted by Crippen LogP contribution is 2.44. The molecule has 2 fully saturated rings. The number of hydrogen-bond acceptors (Lipinski definition) is 6. The number of carbonyl (C=O) groups is 2. The van der Waals surface area contributed by atoms with E-state index in [1.165, 1.54) is 6.07 Å². The smallest absolute Gasteiger partial charge is 0.254 e. The zero-order valence-corrected chi connectivity index (χ0v) is 24.7. The topological polar surface area (TPSA) is 65.6 Å². The lowest BCUT2D eigenvalue weighted by Gasteiger charge is -2.45. The third-order valence-electron chi connectivity index (χ3n) is 8.78. The van der Waals surface area contributed by atoms with Crippen molar-refractivity contribution in [1.82, 2.24) is 14.7 Å². The number of piperazine rings is 1. The molecule has 3 aliphatic rings. The minimum atomic E-state index is -0.573. The number of benzene rings is 3. The molecule has 0 aliphatic carbocycles. The number of carbonyl (C=O) groups excluding carboxylic acids is 2. The predicted molar refractivity (Wildman–Crippen MR) is 163 cm³/mol. The molecule has 2 amide bonds. The quantitative estimate of drug-likeness (QED) is 0.395. The molecule has 0 saturated carbocycles. The van der Waals surface area contributed by atoms with Gasteiger partial charge in [0.1, 0.15) is 11.6 Å². The molecule has 0 unspecified atom stereocenters. The summed E-state index contributed by atoms with van der Waals surface area (Å²) in [5, 5.41) is 0. The zero-order valence-electron chi connectivity index (χ0n) is 24.7. The van der Waals surface area contributed by atoms with Crippen molar-refractivity contribution in [3.63, 3.8) is 0 Å². The van der Waals surface area contributed by atoms with E-state index < -0.39 is 12.0 Å². The van der Waals surface area contributed by atoms with Crippen molar-refractivity contribution in [2.75, 3.05) is 77.1 Å². The van der Waals surface area contributed by atoms with Gasteiger partial charge in [0.2, 0.25) is 5.91 Å². The second kappa shape index (κ2) is 13.1. The van der Waals surface area contributed by atoms with Crippen LogP contribution in [0.4, 0.5) is 10.1 Å². The lowest BCUT2D eigenvalue weighted by Crippen LogP contribution is -2.54. The molecule has 2 saturated heterocycles. The van der Waals surface area contributed by atoms with Crippen molar-refractivity contribution < 1.29 is 23.5 Å². The summed E-state index contributed by atoms with van der Waals surface area (Å²) in [6.07, 6.45) is 0. The Morgan fingerprint density at radius 3 is 2.30 bits per heavy atom. The van der Waals surface area contributed by atoms with Crippen LogP contribution in [0.5, 0.6) is 5.75 Å². The van der Waals surface area contributed by atoms with Gasteiger partial charge in [0.15, 0.2) is 0 Å². The van der Waals surface area contributed by atoms with Crippen LogP contribution in [0.25, 0.3) is 0 Å². The standard InChI is InChI=1S/C34H39FN4O4/c1-2-43-26-13-11-25(12-14-26)32-31(34(41)38-18-16-37(17-19-38)30-10-6-5-9-29(30)35)27-7-3-4-8-28(27)33(40)39(32)20-15-36-21-23-42-24-22-36/h3-14,31-32H,2,15-24H2,1H3/t31-,32-/m0/s1. The summed E-state index contributed by atoms with van der Waals surface area (Å²) < 4.78 is 25.7. The molecule has 226 valence electrons. The maximum absolute atomic E-state index is 14.6.